The number of amides is 1. The number of ether oxygens (including phenoxy) is 1. The van der Waals surface area contributed by atoms with Crippen LogP contribution in [0.5, 0.6) is 0 Å². The Labute approximate surface area is 124 Å². The van der Waals surface area contributed by atoms with Crippen LogP contribution < -0.4 is 10.5 Å². The maximum absolute atomic E-state index is 11.8. The van der Waals surface area contributed by atoms with Crippen molar-refractivity contribution < 1.29 is 17.9 Å². The van der Waals surface area contributed by atoms with E-state index in [0.29, 0.717) is 13.2 Å². The topological polar surface area (TPSA) is 98.5 Å². The van der Waals surface area contributed by atoms with Gasteiger partial charge < -0.3 is 10.1 Å². The molecule has 0 aliphatic rings. The Balaban J connectivity index is 3.11. The fourth-order valence-corrected chi connectivity index (χ4v) is 3.10. The summed E-state index contributed by atoms with van der Waals surface area (Å²) in [5, 5.41) is 7.69. The van der Waals surface area contributed by atoms with Crippen LogP contribution in [0.3, 0.4) is 0 Å². The van der Waals surface area contributed by atoms with Gasteiger partial charge in [0.15, 0.2) is 0 Å². The zero-order valence-corrected chi connectivity index (χ0v) is 13.1. The summed E-state index contributed by atoms with van der Waals surface area (Å²) in [4.78, 5) is 11.5. The maximum Gasteiger partial charge on any atom is 0.251 e. The summed E-state index contributed by atoms with van der Waals surface area (Å²) in [5.74, 6) is -0.462. The largest absolute Gasteiger partial charge is 0.383 e. The molecule has 0 unspecified atom stereocenters. The van der Waals surface area contributed by atoms with E-state index in [2.05, 4.69) is 21.2 Å². The fourth-order valence-electron chi connectivity index (χ4n) is 1.27. The minimum absolute atomic E-state index is 0.0865. The summed E-state index contributed by atoms with van der Waals surface area (Å²) in [7, 11) is -2.47. The van der Waals surface area contributed by atoms with Gasteiger partial charge in [-0.05, 0) is 28.1 Å². The van der Waals surface area contributed by atoms with Crippen LogP contribution in [0.1, 0.15) is 10.4 Å². The van der Waals surface area contributed by atoms with Crippen LogP contribution >= 0.6 is 27.5 Å². The molecule has 0 heterocycles. The highest BCUT2D eigenvalue weighted by molar-refractivity contribution is 9.10. The number of carbonyl (C=O) groups excluding carboxylic acids is 1. The van der Waals surface area contributed by atoms with Crippen molar-refractivity contribution in [3.05, 3.63) is 27.2 Å². The highest BCUT2D eigenvalue weighted by Gasteiger charge is 2.19. The number of benzene rings is 1. The van der Waals surface area contributed by atoms with Crippen molar-refractivity contribution in [2.75, 3.05) is 20.3 Å². The molecule has 0 atom stereocenters. The van der Waals surface area contributed by atoms with Gasteiger partial charge in [-0.3, -0.25) is 4.79 Å². The fraction of sp³-hybridized carbons (Fsp3) is 0.300. The van der Waals surface area contributed by atoms with Crippen LogP contribution in [0.4, 0.5) is 0 Å². The lowest BCUT2D eigenvalue weighted by atomic mass is 10.2. The third-order valence-electron chi connectivity index (χ3n) is 2.16. The molecule has 0 aromatic heterocycles. The Morgan fingerprint density at radius 1 is 1.53 bits per heavy atom. The van der Waals surface area contributed by atoms with Crippen LogP contribution in [-0.4, -0.2) is 34.6 Å². The number of hydrogen-bond donors (Lipinski definition) is 2. The second kappa shape index (κ2) is 6.67. The number of methoxy groups -OCH3 is 1. The Hall–Kier alpha value is -0.670. The summed E-state index contributed by atoms with van der Waals surface area (Å²) in [6.45, 7) is 0.645. The van der Waals surface area contributed by atoms with E-state index in [0.717, 1.165) is 6.07 Å². The Kier molecular flexibility index (Phi) is 5.75. The van der Waals surface area contributed by atoms with E-state index < -0.39 is 15.9 Å². The van der Waals surface area contributed by atoms with Crippen molar-refractivity contribution in [2.45, 2.75) is 4.90 Å². The first-order chi connectivity index (χ1) is 8.77. The minimum atomic E-state index is -3.97. The van der Waals surface area contributed by atoms with Gasteiger partial charge in [0.25, 0.3) is 5.91 Å². The van der Waals surface area contributed by atoms with Gasteiger partial charge in [0.2, 0.25) is 10.0 Å². The number of nitrogens with one attached hydrogen (secondary N) is 1. The van der Waals surface area contributed by atoms with E-state index in [9.17, 15) is 13.2 Å². The quantitative estimate of drug-likeness (QED) is 0.758. The van der Waals surface area contributed by atoms with Gasteiger partial charge in [-0.25, -0.2) is 13.6 Å². The number of hydrogen-bond acceptors (Lipinski definition) is 4. The molecule has 0 fully saturated rings. The zero-order valence-electron chi connectivity index (χ0n) is 9.94. The standard InChI is InChI=1S/C10H12BrClN2O4S/c1-18-3-2-14-10(15)6-4-7(12)9(11)8(5-6)19(13,16)17/h4-5H,2-3H2,1H3,(H,14,15)(H2,13,16,17). The molecule has 0 bridgehead atoms. The van der Waals surface area contributed by atoms with Crippen molar-refractivity contribution in [1.82, 2.24) is 5.32 Å². The number of rotatable bonds is 5. The smallest absolute Gasteiger partial charge is 0.251 e. The van der Waals surface area contributed by atoms with Gasteiger partial charge in [-0.2, -0.15) is 0 Å². The molecule has 1 aromatic carbocycles. The second-order valence-corrected chi connectivity index (χ2v) is 6.29. The molecular weight excluding hydrogens is 360 g/mol. The zero-order chi connectivity index (χ0) is 14.6. The predicted octanol–water partition coefficient (Wildman–Crippen LogP) is 1.13. The number of halogens is 2. The third-order valence-corrected chi connectivity index (χ3v) is 4.73. The number of nitrogens with two attached hydrogens (primary N) is 1. The van der Waals surface area contributed by atoms with E-state index in [1.807, 2.05) is 0 Å². The molecule has 0 saturated heterocycles. The van der Waals surface area contributed by atoms with Crippen LogP contribution in [0.25, 0.3) is 0 Å². The predicted molar refractivity (Wildman–Crippen MR) is 74.7 cm³/mol. The van der Waals surface area contributed by atoms with Gasteiger partial charge in [0, 0.05) is 19.2 Å². The maximum atomic E-state index is 11.8. The van der Waals surface area contributed by atoms with Gasteiger partial charge in [0.05, 0.1) is 21.0 Å². The van der Waals surface area contributed by atoms with Crippen molar-refractivity contribution in [2.24, 2.45) is 5.14 Å². The SMILES string of the molecule is COCCNC(=O)c1cc(Cl)c(Br)c(S(N)(=O)=O)c1. The molecule has 0 radical (unpaired) electrons. The van der Waals surface area contributed by atoms with Gasteiger partial charge in [-0.15, -0.1) is 0 Å². The van der Waals surface area contributed by atoms with Crippen molar-refractivity contribution in [3.8, 4) is 0 Å². The lowest BCUT2D eigenvalue weighted by Gasteiger charge is -2.09. The van der Waals surface area contributed by atoms with E-state index in [4.69, 9.17) is 21.5 Å². The van der Waals surface area contributed by atoms with E-state index in [-0.39, 0.29) is 20.0 Å². The molecule has 0 aliphatic carbocycles. The number of carbonyl (C=O) groups is 1. The molecule has 1 amide bonds. The lowest BCUT2D eigenvalue weighted by molar-refractivity contribution is 0.0937. The van der Waals surface area contributed by atoms with E-state index >= 15 is 0 Å². The lowest BCUT2D eigenvalue weighted by Crippen LogP contribution is -2.27. The summed E-state index contributed by atoms with van der Waals surface area (Å²) in [6.07, 6.45) is 0. The molecule has 1 rings (SSSR count). The average molecular weight is 372 g/mol. The molecule has 9 heteroatoms. The first kappa shape index (κ1) is 16.4. The van der Waals surface area contributed by atoms with Crippen LogP contribution in [-0.2, 0) is 14.8 Å². The Bertz CT molecular complexity index is 591. The summed E-state index contributed by atoms with van der Waals surface area (Å²) in [5.41, 5.74) is 0.105. The highest BCUT2D eigenvalue weighted by Crippen LogP contribution is 2.30. The van der Waals surface area contributed by atoms with Gasteiger partial charge in [-0.1, -0.05) is 11.6 Å². The van der Waals surface area contributed by atoms with Crippen molar-refractivity contribution >= 4 is 43.5 Å². The molecule has 19 heavy (non-hydrogen) atoms. The molecule has 0 spiro atoms. The van der Waals surface area contributed by atoms with Crippen LogP contribution in [0.15, 0.2) is 21.5 Å². The number of primary sulfonamides is 1. The molecule has 106 valence electrons. The van der Waals surface area contributed by atoms with E-state index in [1.54, 1.807) is 0 Å². The van der Waals surface area contributed by atoms with Crippen molar-refractivity contribution in [1.29, 1.82) is 0 Å². The molecule has 6 nitrogen and oxygen atoms in total. The second-order valence-electron chi connectivity index (χ2n) is 3.56. The summed E-state index contributed by atoms with van der Waals surface area (Å²) >= 11 is 8.88. The first-order valence-electron chi connectivity index (χ1n) is 5.06. The first-order valence-corrected chi connectivity index (χ1v) is 7.78. The van der Waals surface area contributed by atoms with Gasteiger partial charge >= 0.3 is 0 Å². The molecular formula is C10H12BrClN2O4S. The van der Waals surface area contributed by atoms with Crippen molar-refractivity contribution in [3.63, 3.8) is 0 Å². The molecule has 0 saturated carbocycles. The molecule has 3 N–H and O–H groups in total. The summed E-state index contributed by atoms with van der Waals surface area (Å²) in [6, 6.07) is 2.51. The molecule has 1 aromatic rings. The summed E-state index contributed by atoms with van der Waals surface area (Å²) < 4.78 is 27.7. The third kappa shape index (κ3) is 4.43. The van der Waals surface area contributed by atoms with E-state index in [1.165, 1.54) is 13.2 Å². The normalized spacial score (nSPS) is 11.4. The Morgan fingerprint density at radius 3 is 2.68 bits per heavy atom. The minimum Gasteiger partial charge on any atom is -0.383 e. The van der Waals surface area contributed by atoms with Gasteiger partial charge in [0.1, 0.15) is 0 Å². The Morgan fingerprint density at radius 2 is 2.16 bits per heavy atom. The highest BCUT2D eigenvalue weighted by atomic mass is 79.9. The van der Waals surface area contributed by atoms with Crippen LogP contribution in [0.2, 0.25) is 5.02 Å². The monoisotopic (exact) mass is 370 g/mol. The van der Waals surface area contributed by atoms with Crippen LogP contribution in [0, 0.1) is 0 Å². The number of sulfonamides is 1. The average Bonchev–Trinajstić information content (AvgIpc) is 2.31. The molecule has 0 aliphatic heterocycles.